The number of hydrogen-bond acceptors (Lipinski definition) is 3. The summed E-state index contributed by atoms with van der Waals surface area (Å²) in [6.45, 7) is 0.826. The van der Waals surface area contributed by atoms with Gasteiger partial charge in [-0.1, -0.05) is 12.1 Å². The smallest absolute Gasteiger partial charge is 0.254 e. The van der Waals surface area contributed by atoms with Gasteiger partial charge in [-0.3, -0.25) is 4.79 Å². The fraction of sp³-hybridized carbons (Fsp3) is 0.500. The van der Waals surface area contributed by atoms with Gasteiger partial charge in [0.25, 0.3) is 5.91 Å². The van der Waals surface area contributed by atoms with Crippen LogP contribution < -0.4 is 0 Å². The topological polar surface area (TPSA) is 40.5 Å². The van der Waals surface area contributed by atoms with E-state index in [-0.39, 0.29) is 18.6 Å². The first-order chi connectivity index (χ1) is 8.76. The Hall–Kier alpha value is -1.00. The lowest BCUT2D eigenvalue weighted by molar-refractivity contribution is 0.0677. The second-order valence-corrected chi connectivity index (χ2v) is 5.47. The van der Waals surface area contributed by atoms with E-state index in [1.807, 2.05) is 24.3 Å². The van der Waals surface area contributed by atoms with E-state index in [1.54, 1.807) is 16.7 Å². The first-order valence-electron chi connectivity index (χ1n) is 6.26. The van der Waals surface area contributed by atoms with Gasteiger partial charge in [-0.25, -0.2) is 0 Å². The zero-order valence-electron chi connectivity index (χ0n) is 10.6. The molecule has 18 heavy (non-hydrogen) atoms. The van der Waals surface area contributed by atoms with Crippen LogP contribution in [0.5, 0.6) is 0 Å². The molecule has 1 saturated heterocycles. The van der Waals surface area contributed by atoms with Gasteiger partial charge >= 0.3 is 0 Å². The quantitative estimate of drug-likeness (QED) is 0.907. The van der Waals surface area contributed by atoms with Crippen LogP contribution in [0.3, 0.4) is 0 Å². The number of nitrogens with zero attached hydrogens (tertiary/aromatic N) is 1. The molecule has 0 aliphatic carbocycles. The van der Waals surface area contributed by atoms with Crippen LogP contribution in [0, 0.1) is 0 Å². The first-order valence-corrected chi connectivity index (χ1v) is 7.65. The van der Waals surface area contributed by atoms with Crippen LogP contribution in [-0.4, -0.2) is 41.4 Å². The summed E-state index contributed by atoms with van der Waals surface area (Å²) in [5, 5.41) is 9.25. The standard InChI is InChI=1S/C14H19NO2S/c1-18-10-11-4-6-12(7-5-11)14(17)15-8-2-3-13(15)9-16/h4-7,13,16H,2-3,8-10H2,1H3/t13-/m0/s1. The lowest BCUT2D eigenvalue weighted by Crippen LogP contribution is -2.37. The minimum absolute atomic E-state index is 0.00312. The van der Waals surface area contributed by atoms with Crippen LogP contribution in [-0.2, 0) is 5.75 Å². The van der Waals surface area contributed by atoms with E-state index in [1.165, 1.54) is 5.56 Å². The molecule has 1 aliphatic rings. The lowest BCUT2D eigenvalue weighted by atomic mass is 10.1. The van der Waals surface area contributed by atoms with E-state index in [0.29, 0.717) is 0 Å². The Kier molecular flexibility index (Phi) is 4.66. The van der Waals surface area contributed by atoms with Crippen LogP contribution in [0.4, 0.5) is 0 Å². The van der Waals surface area contributed by atoms with Crippen LogP contribution in [0.25, 0.3) is 0 Å². The summed E-state index contributed by atoms with van der Waals surface area (Å²) in [6.07, 6.45) is 3.96. The zero-order valence-corrected chi connectivity index (χ0v) is 11.4. The Morgan fingerprint density at radius 2 is 2.17 bits per heavy atom. The summed E-state index contributed by atoms with van der Waals surface area (Å²) in [5.41, 5.74) is 1.96. The number of thioether (sulfide) groups is 1. The van der Waals surface area contributed by atoms with Crippen LogP contribution in [0.1, 0.15) is 28.8 Å². The molecule has 0 saturated carbocycles. The SMILES string of the molecule is CSCc1ccc(C(=O)N2CCC[C@H]2CO)cc1. The van der Waals surface area contributed by atoms with E-state index in [4.69, 9.17) is 0 Å². The molecule has 98 valence electrons. The molecule has 1 atom stereocenters. The van der Waals surface area contributed by atoms with Crippen molar-refractivity contribution in [2.45, 2.75) is 24.6 Å². The summed E-state index contributed by atoms with van der Waals surface area (Å²) in [5.74, 6) is 1.01. The highest BCUT2D eigenvalue weighted by atomic mass is 32.2. The predicted molar refractivity (Wildman–Crippen MR) is 74.8 cm³/mol. The maximum atomic E-state index is 12.3. The van der Waals surface area contributed by atoms with Gasteiger partial charge in [0.05, 0.1) is 12.6 Å². The highest BCUT2D eigenvalue weighted by Gasteiger charge is 2.28. The normalized spacial score (nSPS) is 19.2. The number of hydrogen-bond donors (Lipinski definition) is 1. The average molecular weight is 265 g/mol. The molecule has 0 unspecified atom stereocenters. The molecule has 1 aromatic carbocycles. The number of benzene rings is 1. The maximum absolute atomic E-state index is 12.3. The molecule has 0 spiro atoms. The molecule has 1 fully saturated rings. The number of rotatable bonds is 4. The Morgan fingerprint density at radius 1 is 1.44 bits per heavy atom. The van der Waals surface area contributed by atoms with Crippen molar-refractivity contribution in [1.82, 2.24) is 4.90 Å². The summed E-state index contributed by atoms with van der Waals surface area (Å²) in [6, 6.07) is 7.80. The second-order valence-electron chi connectivity index (χ2n) is 4.61. The first kappa shape index (κ1) is 13.4. The van der Waals surface area contributed by atoms with Crippen LogP contribution in [0.2, 0.25) is 0 Å². The molecule has 0 aromatic heterocycles. The minimum Gasteiger partial charge on any atom is -0.394 e. The summed E-state index contributed by atoms with van der Waals surface area (Å²) in [4.78, 5) is 14.1. The van der Waals surface area contributed by atoms with Gasteiger partial charge in [0.2, 0.25) is 0 Å². The molecular formula is C14H19NO2S. The number of aliphatic hydroxyl groups is 1. The molecule has 1 aromatic rings. The van der Waals surface area contributed by atoms with Gasteiger partial charge in [0, 0.05) is 17.9 Å². The number of likely N-dealkylation sites (tertiary alicyclic amines) is 1. The number of carbonyl (C=O) groups excluding carboxylic acids is 1. The molecule has 0 radical (unpaired) electrons. The largest absolute Gasteiger partial charge is 0.394 e. The van der Waals surface area contributed by atoms with E-state index < -0.39 is 0 Å². The Labute approximate surface area is 112 Å². The van der Waals surface area contributed by atoms with Crippen molar-refractivity contribution in [2.24, 2.45) is 0 Å². The van der Waals surface area contributed by atoms with Crippen molar-refractivity contribution in [2.75, 3.05) is 19.4 Å². The maximum Gasteiger partial charge on any atom is 0.254 e. The average Bonchev–Trinajstić information content (AvgIpc) is 2.87. The van der Waals surface area contributed by atoms with Crippen molar-refractivity contribution < 1.29 is 9.90 Å². The third-order valence-corrected chi connectivity index (χ3v) is 3.98. The molecular weight excluding hydrogens is 246 g/mol. The fourth-order valence-electron chi connectivity index (χ4n) is 2.37. The van der Waals surface area contributed by atoms with E-state index >= 15 is 0 Å². The summed E-state index contributed by atoms with van der Waals surface area (Å²) in [7, 11) is 0. The summed E-state index contributed by atoms with van der Waals surface area (Å²) >= 11 is 1.77. The summed E-state index contributed by atoms with van der Waals surface area (Å²) < 4.78 is 0. The van der Waals surface area contributed by atoms with Crippen molar-refractivity contribution in [3.63, 3.8) is 0 Å². The molecule has 0 bridgehead atoms. The molecule has 1 N–H and O–H groups in total. The third-order valence-electron chi connectivity index (χ3n) is 3.36. The predicted octanol–water partition coefficient (Wildman–Crippen LogP) is 2.15. The molecule has 2 rings (SSSR count). The van der Waals surface area contributed by atoms with Crippen molar-refractivity contribution in [3.8, 4) is 0 Å². The monoisotopic (exact) mass is 265 g/mol. The third kappa shape index (κ3) is 2.87. The van der Waals surface area contributed by atoms with Crippen LogP contribution in [0.15, 0.2) is 24.3 Å². The molecule has 1 heterocycles. The molecule has 1 amide bonds. The van der Waals surface area contributed by atoms with Gasteiger partial charge in [-0.05, 0) is 36.8 Å². The Balaban J connectivity index is 2.08. The van der Waals surface area contributed by atoms with Gasteiger partial charge < -0.3 is 10.0 Å². The zero-order chi connectivity index (χ0) is 13.0. The van der Waals surface area contributed by atoms with Gasteiger partial charge in [-0.15, -0.1) is 0 Å². The van der Waals surface area contributed by atoms with Gasteiger partial charge in [-0.2, -0.15) is 11.8 Å². The number of amides is 1. The van der Waals surface area contributed by atoms with E-state index in [9.17, 15) is 9.90 Å². The van der Waals surface area contributed by atoms with Gasteiger partial charge in [0.1, 0.15) is 0 Å². The van der Waals surface area contributed by atoms with Gasteiger partial charge in [0.15, 0.2) is 0 Å². The van der Waals surface area contributed by atoms with Crippen molar-refractivity contribution in [3.05, 3.63) is 35.4 Å². The lowest BCUT2D eigenvalue weighted by Gasteiger charge is -2.23. The van der Waals surface area contributed by atoms with E-state index in [0.717, 1.165) is 30.7 Å². The highest BCUT2D eigenvalue weighted by molar-refractivity contribution is 7.97. The molecule has 3 nitrogen and oxygen atoms in total. The highest BCUT2D eigenvalue weighted by Crippen LogP contribution is 2.20. The van der Waals surface area contributed by atoms with Crippen molar-refractivity contribution >= 4 is 17.7 Å². The second kappa shape index (κ2) is 6.25. The fourth-order valence-corrected chi connectivity index (χ4v) is 2.89. The molecule has 4 heteroatoms. The number of carbonyl (C=O) groups is 1. The number of aliphatic hydroxyl groups excluding tert-OH is 1. The minimum atomic E-state index is 0.00312. The Bertz CT molecular complexity index is 405. The van der Waals surface area contributed by atoms with Crippen molar-refractivity contribution in [1.29, 1.82) is 0 Å². The van der Waals surface area contributed by atoms with Crippen LogP contribution >= 0.6 is 11.8 Å². The molecule has 1 aliphatic heterocycles. The van der Waals surface area contributed by atoms with E-state index in [2.05, 4.69) is 6.26 Å². The Morgan fingerprint density at radius 3 is 2.78 bits per heavy atom.